The molecule has 110 valence electrons. The van der Waals surface area contributed by atoms with Gasteiger partial charge in [-0.05, 0) is 25.0 Å². The lowest BCUT2D eigenvalue weighted by Gasteiger charge is -2.03. The van der Waals surface area contributed by atoms with Crippen molar-refractivity contribution in [3.8, 4) is 5.75 Å². The predicted molar refractivity (Wildman–Crippen MR) is 77.0 cm³/mol. The summed E-state index contributed by atoms with van der Waals surface area (Å²) in [5, 5.41) is 18.0. The maximum atomic E-state index is 11.9. The number of hydrogen-bond acceptors (Lipinski definition) is 3. The molecule has 0 bridgehead atoms. The van der Waals surface area contributed by atoms with Gasteiger partial charge in [-0.1, -0.05) is 37.8 Å². The Bertz CT molecular complexity index is 440. The summed E-state index contributed by atoms with van der Waals surface area (Å²) in [6, 6.07) is 6.61. The molecule has 2 N–H and O–H groups in total. The Hall–Kier alpha value is -1.84. The molecule has 0 aliphatic carbocycles. The molecule has 0 amide bonds. The highest BCUT2D eigenvalue weighted by Gasteiger charge is 2.09. The third kappa shape index (κ3) is 6.36. The zero-order chi connectivity index (χ0) is 14.8. The summed E-state index contributed by atoms with van der Waals surface area (Å²) in [6.45, 7) is 0. The number of carbonyl (C=O) groups is 2. The normalized spacial score (nSPS) is 10.4. The fourth-order valence-electron chi connectivity index (χ4n) is 2.11. The number of phenolic OH excluding ortho intramolecular Hbond substituents is 1. The van der Waals surface area contributed by atoms with Crippen LogP contribution < -0.4 is 0 Å². The number of carbonyl (C=O) groups excluding carboxylic acids is 1. The van der Waals surface area contributed by atoms with Crippen LogP contribution in [0.5, 0.6) is 5.75 Å². The number of rotatable bonds is 10. The van der Waals surface area contributed by atoms with Gasteiger partial charge in [-0.25, -0.2) is 0 Å². The molecule has 1 aromatic carbocycles. The minimum Gasteiger partial charge on any atom is -0.507 e. The van der Waals surface area contributed by atoms with Crippen molar-refractivity contribution in [1.82, 2.24) is 0 Å². The molecule has 0 aromatic heterocycles. The summed E-state index contributed by atoms with van der Waals surface area (Å²) >= 11 is 0. The molecule has 4 heteroatoms. The van der Waals surface area contributed by atoms with E-state index in [0.29, 0.717) is 12.0 Å². The monoisotopic (exact) mass is 278 g/mol. The maximum Gasteiger partial charge on any atom is 0.303 e. The van der Waals surface area contributed by atoms with Crippen molar-refractivity contribution in [2.75, 3.05) is 0 Å². The van der Waals surface area contributed by atoms with Crippen molar-refractivity contribution in [2.24, 2.45) is 0 Å². The van der Waals surface area contributed by atoms with E-state index < -0.39 is 5.97 Å². The fourth-order valence-corrected chi connectivity index (χ4v) is 2.11. The van der Waals surface area contributed by atoms with Crippen LogP contribution in [0, 0.1) is 0 Å². The highest BCUT2D eigenvalue weighted by molar-refractivity contribution is 5.98. The van der Waals surface area contributed by atoms with E-state index in [1.807, 2.05) is 0 Å². The Morgan fingerprint density at radius 1 is 0.850 bits per heavy atom. The van der Waals surface area contributed by atoms with Crippen LogP contribution in [0.15, 0.2) is 24.3 Å². The smallest absolute Gasteiger partial charge is 0.303 e. The van der Waals surface area contributed by atoms with Gasteiger partial charge < -0.3 is 10.2 Å². The van der Waals surface area contributed by atoms with Gasteiger partial charge in [0.25, 0.3) is 0 Å². The molecule has 0 saturated carbocycles. The summed E-state index contributed by atoms with van der Waals surface area (Å²) in [5.74, 6) is -0.710. The summed E-state index contributed by atoms with van der Waals surface area (Å²) in [4.78, 5) is 22.2. The van der Waals surface area contributed by atoms with Crippen LogP contribution in [0.4, 0.5) is 0 Å². The fraction of sp³-hybridized carbons (Fsp3) is 0.500. The number of carboxylic acid groups (broad SMARTS) is 1. The van der Waals surface area contributed by atoms with E-state index >= 15 is 0 Å². The van der Waals surface area contributed by atoms with Crippen LogP contribution in [-0.4, -0.2) is 22.0 Å². The minimum absolute atomic E-state index is 0.0195. The number of para-hydroxylation sites is 1. The Kier molecular flexibility index (Phi) is 7.40. The molecular formula is C16H22O4. The van der Waals surface area contributed by atoms with Gasteiger partial charge in [0.05, 0.1) is 5.56 Å². The van der Waals surface area contributed by atoms with Crippen molar-refractivity contribution in [3.05, 3.63) is 29.8 Å². The van der Waals surface area contributed by atoms with Gasteiger partial charge in [-0.3, -0.25) is 9.59 Å². The van der Waals surface area contributed by atoms with Gasteiger partial charge in [0.15, 0.2) is 5.78 Å². The third-order valence-electron chi connectivity index (χ3n) is 3.25. The Balaban J connectivity index is 2.08. The lowest BCUT2D eigenvalue weighted by molar-refractivity contribution is -0.137. The van der Waals surface area contributed by atoms with Crippen molar-refractivity contribution in [2.45, 2.75) is 51.4 Å². The summed E-state index contributed by atoms with van der Waals surface area (Å²) in [5.41, 5.74) is 0.397. The van der Waals surface area contributed by atoms with Crippen LogP contribution in [0.2, 0.25) is 0 Å². The largest absolute Gasteiger partial charge is 0.507 e. The van der Waals surface area contributed by atoms with Gasteiger partial charge in [-0.2, -0.15) is 0 Å². The third-order valence-corrected chi connectivity index (χ3v) is 3.25. The first-order valence-corrected chi connectivity index (χ1v) is 7.14. The van der Waals surface area contributed by atoms with Crippen LogP contribution in [0.1, 0.15) is 61.7 Å². The first-order chi connectivity index (χ1) is 9.61. The van der Waals surface area contributed by atoms with E-state index in [-0.39, 0.29) is 18.0 Å². The second kappa shape index (κ2) is 9.13. The van der Waals surface area contributed by atoms with E-state index in [2.05, 4.69) is 0 Å². The van der Waals surface area contributed by atoms with Crippen molar-refractivity contribution in [1.29, 1.82) is 0 Å². The number of unbranched alkanes of at least 4 members (excludes halogenated alkanes) is 5. The number of benzene rings is 1. The van der Waals surface area contributed by atoms with E-state index in [1.54, 1.807) is 18.2 Å². The number of hydrogen-bond donors (Lipinski definition) is 2. The van der Waals surface area contributed by atoms with Crippen molar-refractivity contribution in [3.63, 3.8) is 0 Å². The first kappa shape index (κ1) is 16.2. The Labute approximate surface area is 119 Å². The Morgan fingerprint density at radius 2 is 1.40 bits per heavy atom. The molecule has 20 heavy (non-hydrogen) atoms. The minimum atomic E-state index is -0.738. The lowest BCUT2D eigenvalue weighted by atomic mass is 10.0. The number of ketones is 1. The maximum absolute atomic E-state index is 11.9. The quantitative estimate of drug-likeness (QED) is 0.504. The van der Waals surface area contributed by atoms with Gasteiger partial charge in [-0.15, -0.1) is 0 Å². The highest BCUT2D eigenvalue weighted by Crippen LogP contribution is 2.19. The van der Waals surface area contributed by atoms with Gasteiger partial charge in [0.2, 0.25) is 0 Å². The van der Waals surface area contributed by atoms with Crippen LogP contribution >= 0.6 is 0 Å². The van der Waals surface area contributed by atoms with Crippen molar-refractivity contribution >= 4 is 11.8 Å². The summed E-state index contributed by atoms with van der Waals surface area (Å²) in [6.07, 6.45) is 6.16. The predicted octanol–water partition coefficient (Wildman–Crippen LogP) is 3.78. The summed E-state index contributed by atoms with van der Waals surface area (Å²) in [7, 11) is 0. The molecule has 0 saturated heterocycles. The molecular weight excluding hydrogens is 256 g/mol. The standard InChI is InChI=1S/C16H22O4/c17-14(13-9-7-8-11-15(13)18)10-5-3-1-2-4-6-12-16(19)20/h7-9,11,18H,1-6,10,12H2,(H,19,20). The zero-order valence-electron chi connectivity index (χ0n) is 11.7. The molecule has 0 aliphatic rings. The molecule has 0 heterocycles. The SMILES string of the molecule is O=C(O)CCCCCCCCC(=O)c1ccccc1O. The number of phenols is 1. The van der Waals surface area contributed by atoms with E-state index in [0.717, 1.165) is 38.5 Å². The molecule has 1 aromatic rings. The van der Waals surface area contributed by atoms with Crippen LogP contribution in [0.25, 0.3) is 0 Å². The average Bonchev–Trinajstić information content (AvgIpc) is 2.41. The number of aliphatic carboxylic acids is 1. The molecule has 1 rings (SSSR count). The topological polar surface area (TPSA) is 74.6 Å². The molecule has 0 radical (unpaired) electrons. The van der Waals surface area contributed by atoms with Crippen LogP contribution in [-0.2, 0) is 4.79 Å². The molecule has 0 spiro atoms. The molecule has 0 aliphatic heterocycles. The second-order valence-corrected chi connectivity index (χ2v) is 4.96. The lowest BCUT2D eigenvalue weighted by Crippen LogP contribution is -1.99. The highest BCUT2D eigenvalue weighted by atomic mass is 16.4. The van der Waals surface area contributed by atoms with E-state index in [9.17, 15) is 14.7 Å². The van der Waals surface area contributed by atoms with Gasteiger partial charge >= 0.3 is 5.97 Å². The first-order valence-electron chi connectivity index (χ1n) is 7.14. The molecule has 4 nitrogen and oxygen atoms in total. The number of aromatic hydroxyl groups is 1. The van der Waals surface area contributed by atoms with Crippen LogP contribution in [0.3, 0.4) is 0 Å². The van der Waals surface area contributed by atoms with Crippen molar-refractivity contribution < 1.29 is 19.8 Å². The number of carboxylic acids is 1. The Morgan fingerprint density at radius 3 is 2.00 bits per heavy atom. The molecule has 0 atom stereocenters. The number of Topliss-reactive ketones (excluding diaryl/α,β-unsaturated/α-hetero) is 1. The van der Waals surface area contributed by atoms with Gasteiger partial charge in [0.1, 0.15) is 5.75 Å². The second-order valence-electron chi connectivity index (χ2n) is 4.96. The molecule has 0 unspecified atom stereocenters. The van der Waals surface area contributed by atoms with Gasteiger partial charge in [0, 0.05) is 12.8 Å². The summed E-state index contributed by atoms with van der Waals surface area (Å²) < 4.78 is 0. The zero-order valence-corrected chi connectivity index (χ0v) is 11.7. The molecule has 0 fully saturated rings. The van der Waals surface area contributed by atoms with E-state index in [4.69, 9.17) is 5.11 Å². The average molecular weight is 278 g/mol. The van der Waals surface area contributed by atoms with E-state index in [1.165, 1.54) is 6.07 Å².